The van der Waals surface area contributed by atoms with E-state index in [1.54, 1.807) is 12.1 Å². The highest BCUT2D eigenvalue weighted by molar-refractivity contribution is 7.99. The first-order valence-electron chi connectivity index (χ1n) is 7.82. The average molecular weight is 368 g/mol. The van der Waals surface area contributed by atoms with Crippen molar-refractivity contribution < 1.29 is 24.4 Å². The van der Waals surface area contributed by atoms with Crippen molar-refractivity contribution in [1.82, 2.24) is 5.32 Å². The van der Waals surface area contributed by atoms with Crippen LogP contribution in [0.1, 0.15) is 24.8 Å². The number of rotatable bonds is 8. The van der Waals surface area contributed by atoms with Gasteiger partial charge in [-0.25, -0.2) is 0 Å². The van der Waals surface area contributed by atoms with Crippen LogP contribution in [0.2, 0.25) is 0 Å². The molecule has 2 N–H and O–H groups in total. The first-order valence-corrected chi connectivity index (χ1v) is 8.97. The largest absolute Gasteiger partial charge is 0.490 e. The normalized spacial score (nSPS) is 19.4. The fourth-order valence-corrected chi connectivity index (χ4v) is 3.62. The number of nitrogens with zero attached hydrogens (tertiary/aromatic N) is 1. The van der Waals surface area contributed by atoms with Gasteiger partial charge in [0.25, 0.3) is 0 Å². The molecule has 0 aliphatic heterocycles. The van der Waals surface area contributed by atoms with Gasteiger partial charge in [0, 0.05) is 17.9 Å². The number of nitro groups is 1. The van der Waals surface area contributed by atoms with E-state index in [9.17, 15) is 19.7 Å². The van der Waals surface area contributed by atoms with E-state index in [1.807, 2.05) is 0 Å². The molecule has 0 heterocycles. The summed E-state index contributed by atoms with van der Waals surface area (Å²) in [6, 6.07) is 4.62. The summed E-state index contributed by atoms with van der Waals surface area (Å²) in [4.78, 5) is 33.3. The molecule has 1 aromatic rings. The zero-order chi connectivity index (χ0) is 18.4. The molecule has 9 heteroatoms. The molecule has 1 fully saturated rings. The molecule has 0 saturated heterocycles. The quantitative estimate of drug-likeness (QED) is 0.533. The van der Waals surface area contributed by atoms with E-state index < -0.39 is 10.9 Å². The Hall–Kier alpha value is -2.29. The van der Waals surface area contributed by atoms with Crippen LogP contribution in [0.5, 0.6) is 5.75 Å². The Morgan fingerprint density at radius 2 is 2.20 bits per heavy atom. The molecule has 0 spiro atoms. The van der Waals surface area contributed by atoms with Crippen molar-refractivity contribution in [1.29, 1.82) is 0 Å². The zero-order valence-electron chi connectivity index (χ0n) is 13.8. The molecule has 1 aliphatic carbocycles. The van der Waals surface area contributed by atoms with Crippen molar-refractivity contribution in [3.05, 3.63) is 33.9 Å². The number of hydrogen-bond donors (Lipinski definition) is 2. The number of carboxylic acid groups (broad SMARTS) is 1. The minimum Gasteiger partial charge on any atom is -0.490 e. The van der Waals surface area contributed by atoms with Crippen LogP contribution < -0.4 is 10.1 Å². The number of carbonyl (C=O) groups excluding carboxylic acids is 1. The fourth-order valence-electron chi connectivity index (χ4n) is 2.84. The van der Waals surface area contributed by atoms with E-state index in [2.05, 4.69) is 5.32 Å². The average Bonchev–Trinajstić information content (AvgIpc) is 3.03. The van der Waals surface area contributed by atoms with Gasteiger partial charge in [-0.3, -0.25) is 19.7 Å². The smallest absolute Gasteiger partial charge is 0.311 e. The van der Waals surface area contributed by atoms with Gasteiger partial charge in [0.1, 0.15) is 0 Å². The lowest BCUT2D eigenvalue weighted by Gasteiger charge is -2.12. The topological polar surface area (TPSA) is 119 Å². The van der Waals surface area contributed by atoms with E-state index in [1.165, 1.54) is 24.9 Å². The summed E-state index contributed by atoms with van der Waals surface area (Å²) in [7, 11) is 1.37. The van der Waals surface area contributed by atoms with Gasteiger partial charge in [0.2, 0.25) is 5.91 Å². The van der Waals surface area contributed by atoms with Gasteiger partial charge >= 0.3 is 11.7 Å². The molecule has 25 heavy (non-hydrogen) atoms. The van der Waals surface area contributed by atoms with Gasteiger partial charge in [0.05, 0.1) is 23.7 Å². The van der Waals surface area contributed by atoms with Crippen molar-refractivity contribution in [2.45, 2.75) is 31.1 Å². The van der Waals surface area contributed by atoms with Gasteiger partial charge in [0.15, 0.2) is 5.75 Å². The van der Waals surface area contributed by atoms with Gasteiger partial charge in [-0.1, -0.05) is 6.07 Å². The van der Waals surface area contributed by atoms with Crippen LogP contribution in [0.15, 0.2) is 18.2 Å². The number of ether oxygens (including phenoxy) is 1. The maximum atomic E-state index is 11.9. The lowest BCUT2D eigenvalue weighted by atomic mass is 10.1. The van der Waals surface area contributed by atoms with Gasteiger partial charge in [-0.05, 0) is 30.9 Å². The Kier molecular flexibility index (Phi) is 6.63. The molecule has 8 nitrogen and oxygen atoms in total. The van der Waals surface area contributed by atoms with Gasteiger partial charge < -0.3 is 15.2 Å². The first kappa shape index (κ1) is 19.0. The number of hydrogen-bond acceptors (Lipinski definition) is 6. The number of aliphatic carboxylic acids is 1. The third-order valence-corrected chi connectivity index (χ3v) is 5.09. The summed E-state index contributed by atoms with van der Waals surface area (Å²) in [6.45, 7) is 0. The molecule has 1 saturated carbocycles. The molecule has 0 unspecified atom stereocenters. The molecule has 1 aliphatic rings. The monoisotopic (exact) mass is 368 g/mol. The predicted molar refractivity (Wildman–Crippen MR) is 92.7 cm³/mol. The molecule has 2 rings (SSSR count). The highest BCUT2D eigenvalue weighted by Gasteiger charge is 2.30. The summed E-state index contributed by atoms with van der Waals surface area (Å²) >= 11 is 1.35. The minimum atomic E-state index is -0.813. The zero-order valence-corrected chi connectivity index (χ0v) is 14.6. The third kappa shape index (κ3) is 5.35. The number of thioether (sulfide) groups is 1. The van der Waals surface area contributed by atoms with Crippen LogP contribution in [-0.2, 0) is 15.3 Å². The second-order valence-corrected chi connectivity index (χ2v) is 6.85. The van der Waals surface area contributed by atoms with E-state index in [0.717, 1.165) is 5.56 Å². The van der Waals surface area contributed by atoms with Crippen molar-refractivity contribution in [3.63, 3.8) is 0 Å². The van der Waals surface area contributed by atoms with Crippen molar-refractivity contribution >= 4 is 29.3 Å². The Balaban J connectivity index is 1.79. The SMILES string of the molecule is COc1ccc(CSCC(=O)N[C@@H]2CC[C@H](C(=O)O)C2)cc1[N+](=O)[O-]. The second-order valence-electron chi connectivity index (χ2n) is 5.87. The Morgan fingerprint density at radius 1 is 1.44 bits per heavy atom. The number of carbonyl (C=O) groups is 2. The van der Waals surface area contributed by atoms with Crippen LogP contribution in [-0.4, -0.2) is 40.8 Å². The van der Waals surface area contributed by atoms with E-state index in [-0.39, 0.29) is 35.1 Å². The molecule has 0 aromatic heterocycles. The summed E-state index contributed by atoms with van der Waals surface area (Å²) in [5.41, 5.74) is 0.632. The Morgan fingerprint density at radius 3 is 2.80 bits per heavy atom. The molecule has 136 valence electrons. The summed E-state index contributed by atoms with van der Waals surface area (Å²) in [6.07, 6.45) is 1.73. The van der Waals surface area contributed by atoms with Gasteiger partial charge in [-0.15, -0.1) is 11.8 Å². The van der Waals surface area contributed by atoms with Crippen molar-refractivity contribution in [2.24, 2.45) is 5.92 Å². The Labute approximate surface area is 149 Å². The molecule has 1 aromatic carbocycles. The van der Waals surface area contributed by atoms with E-state index in [4.69, 9.17) is 9.84 Å². The summed E-state index contributed by atoms with van der Waals surface area (Å²) in [5.74, 6) is -0.464. The maximum absolute atomic E-state index is 11.9. The number of amides is 1. The maximum Gasteiger partial charge on any atom is 0.311 e. The predicted octanol–water partition coefficient (Wildman–Crippen LogP) is 2.21. The van der Waals surface area contributed by atoms with Crippen molar-refractivity contribution in [3.8, 4) is 5.75 Å². The lowest BCUT2D eigenvalue weighted by molar-refractivity contribution is -0.385. The highest BCUT2D eigenvalue weighted by Crippen LogP contribution is 2.29. The molecule has 1 amide bonds. The third-order valence-electron chi connectivity index (χ3n) is 4.09. The van der Waals surface area contributed by atoms with E-state index in [0.29, 0.717) is 25.0 Å². The van der Waals surface area contributed by atoms with Gasteiger partial charge in [-0.2, -0.15) is 0 Å². The summed E-state index contributed by atoms with van der Waals surface area (Å²) < 4.78 is 4.95. The number of nitrogens with one attached hydrogen (secondary N) is 1. The van der Waals surface area contributed by atoms with Crippen molar-refractivity contribution in [2.75, 3.05) is 12.9 Å². The number of nitro benzene ring substituents is 1. The number of benzene rings is 1. The molecule has 0 radical (unpaired) electrons. The standard InChI is InChI=1S/C16H20N2O6S/c1-24-14-5-2-10(6-13(14)18(22)23)8-25-9-15(19)17-12-4-3-11(7-12)16(20)21/h2,5-6,11-12H,3-4,7-9H2,1H3,(H,17,19)(H,20,21)/t11-,12+/m0/s1. The number of methoxy groups -OCH3 is 1. The number of carboxylic acids is 1. The van der Waals surface area contributed by atoms with Crippen LogP contribution in [0.25, 0.3) is 0 Å². The van der Waals surface area contributed by atoms with Crippen LogP contribution >= 0.6 is 11.8 Å². The summed E-state index contributed by atoms with van der Waals surface area (Å²) in [5, 5.41) is 22.8. The van der Waals surface area contributed by atoms with E-state index >= 15 is 0 Å². The van der Waals surface area contributed by atoms with Crippen LogP contribution in [0.3, 0.4) is 0 Å². The minimum absolute atomic E-state index is 0.0868. The molecule has 2 atom stereocenters. The van der Waals surface area contributed by atoms with Crippen LogP contribution in [0, 0.1) is 16.0 Å². The highest BCUT2D eigenvalue weighted by atomic mass is 32.2. The van der Waals surface area contributed by atoms with Crippen LogP contribution in [0.4, 0.5) is 5.69 Å². The Bertz CT molecular complexity index is 666. The lowest BCUT2D eigenvalue weighted by Crippen LogP contribution is -2.34. The second kappa shape index (κ2) is 8.70. The molecular weight excluding hydrogens is 348 g/mol. The molecule has 0 bridgehead atoms. The molecular formula is C16H20N2O6S. The first-order chi connectivity index (χ1) is 11.9. The fraction of sp³-hybridized carbons (Fsp3) is 0.500.